The molecule has 2 fully saturated rings. The molecule has 0 aliphatic carbocycles. The number of amides is 2. The molecule has 2 atom stereocenters. The fraction of sp³-hybridized carbons (Fsp3) is 0.619. The Morgan fingerprint density at radius 2 is 1.82 bits per heavy atom. The largest absolute Gasteiger partial charge is 0.372 e. The summed E-state index contributed by atoms with van der Waals surface area (Å²) >= 11 is 6.19. The average Bonchev–Trinajstić information content (AvgIpc) is 2.63. The summed E-state index contributed by atoms with van der Waals surface area (Å²) in [6, 6.07) is 5.58. The number of ether oxygens (including phenoxy) is 1. The summed E-state index contributed by atoms with van der Waals surface area (Å²) in [5.41, 5.74) is 1.69. The van der Waals surface area contributed by atoms with E-state index in [9.17, 15) is 9.59 Å². The van der Waals surface area contributed by atoms with Crippen LogP contribution < -0.4 is 5.32 Å². The Hall–Kier alpha value is -1.63. The normalized spacial score (nSPS) is 24.2. The maximum atomic E-state index is 12.8. The Kier molecular flexibility index (Phi) is 6.96. The SMILES string of the molecule is Cc1ccc(NC(=O)CN2CCC(C(=O)N3CC(C)OC(C)C3)CC2)c(Cl)c1. The minimum absolute atomic E-state index is 0.0448. The molecule has 7 heteroatoms. The lowest BCUT2D eigenvalue weighted by molar-refractivity contribution is -0.148. The summed E-state index contributed by atoms with van der Waals surface area (Å²) in [5.74, 6) is 0.201. The van der Waals surface area contributed by atoms with Crippen LogP contribution in [-0.4, -0.2) is 66.5 Å². The van der Waals surface area contributed by atoms with E-state index in [-0.39, 0.29) is 29.9 Å². The third-order valence-electron chi connectivity index (χ3n) is 5.43. The Bertz CT molecular complexity index is 709. The fourth-order valence-electron chi connectivity index (χ4n) is 4.07. The van der Waals surface area contributed by atoms with Crippen LogP contribution in [0.5, 0.6) is 0 Å². The second kappa shape index (κ2) is 9.25. The second-order valence-corrected chi connectivity index (χ2v) is 8.49. The molecule has 2 aliphatic heterocycles. The number of hydrogen-bond acceptors (Lipinski definition) is 4. The van der Waals surface area contributed by atoms with E-state index in [0.29, 0.717) is 30.3 Å². The summed E-state index contributed by atoms with van der Waals surface area (Å²) in [4.78, 5) is 29.2. The Balaban J connectivity index is 1.46. The number of nitrogens with zero attached hydrogens (tertiary/aromatic N) is 2. The van der Waals surface area contributed by atoms with Crippen LogP contribution in [0.4, 0.5) is 5.69 Å². The van der Waals surface area contributed by atoms with E-state index in [1.165, 1.54) is 0 Å². The minimum Gasteiger partial charge on any atom is -0.372 e. The van der Waals surface area contributed by atoms with Gasteiger partial charge in [-0.3, -0.25) is 14.5 Å². The minimum atomic E-state index is -0.0774. The van der Waals surface area contributed by atoms with Gasteiger partial charge >= 0.3 is 0 Å². The van der Waals surface area contributed by atoms with E-state index in [0.717, 1.165) is 31.5 Å². The van der Waals surface area contributed by atoms with Gasteiger partial charge in [0.25, 0.3) is 0 Å². The van der Waals surface area contributed by atoms with E-state index in [1.807, 2.05) is 43.9 Å². The first kappa shape index (κ1) is 21.1. The zero-order chi connectivity index (χ0) is 20.3. The van der Waals surface area contributed by atoms with Gasteiger partial charge in [0.15, 0.2) is 0 Å². The third-order valence-corrected chi connectivity index (χ3v) is 5.75. The van der Waals surface area contributed by atoms with Gasteiger partial charge in [0.05, 0.1) is 29.5 Å². The number of halogens is 1. The van der Waals surface area contributed by atoms with Gasteiger partial charge in [-0.05, 0) is 64.4 Å². The van der Waals surface area contributed by atoms with Gasteiger partial charge in [-0.1, -0.05) is 17.7 Å². The first-order chi connectivity index (χ1) is 13.3. The van der Waals surface area contributed by atoms with Crippen molar-refractivity contribution in [3.63, 3.8) is 0 Å². The van der Waals surface area contributed by atoms with E-state index in [1.54, 1.807) is 0 Å². The average molecular weight is 408 g/mol. The number of morpholine rings is 1. The molecule has 0 aromatic heterocycles. The molecule has 2 unspecified atom stereocenters. The molecule has 1 N–H and O–H groups in total. The zero-order valence-corrected chi connectivity index (χ0v) is 17.7. The number of rotatable bonds is 4. The number of piperidine rings is 1. The van der Waals surface area contributed by atoms with Gasteiger partial charge in [0, 0.05) is 19.0 Å². The van der Waals surface area contributed by atoms with Crippen molar-refractivity contribution in [1.29, 1.82) is 0 Å². The first-order valence-corrected chi connectivity index (χ1v) is 10.4. The van der Waals surface area contributed by atoms with Crippen molar-refractivity contribution >= 4 is 29.1 Å². The molecule has 0 radical (unpaired) electrons. The number of carbonyl (C=O) groups excluding carboxylic acids is 2. The maximum Gasteiger partial charge on any atom is 0.238 e. The molecule has 154 valence electrons. The van der Waals surface area contributed by atoms with Crippen LogP contribution in [0.15, 0.2) is 18.2 Å². The molecule has 2 saturated heterocycles. The van der Waals surface area contributed by atoms with Gasteiger partial charge < -0.3 is 15.0 Å². The predicted octanol–water partition coefficient (Wildman–Crippen LogP) is 2.93. The van der Waals surface area contributed by atoms with Crippen LogP contribution in [0, 0.1) is 12.8 Å². The van der Waals surface area contributed by atoms with Gasteiger partial charge in [0.2, 0.25) is 11.8 Å². The highest BCUT2D eigenvalue weighted by Crippen LogP contribution is 2.24. The number of carbonyl (C=O) groups is 2. The fourth-order valence-corrected chi connectivity index (χ4v) is 4.35. The number of likely N-dealkylation sites (tertiary alicyclic amines) is 1. The highest BCUT2D eigenvalue weighted by molar-refractivity contribution is 6.33. The van der Waals surface area contributed by atoms with Gasteiger partial charge in [0.1, 0.15) is 0 Å². The van der Waals surface area contributed by atoms with Crippen molar-refractivity contribution in [3.05, 3.63) is 28.8 Å². The number of aryl methyl sites for hydroxylation is 1. The molecule has 1 aromatic rings. The molecule has 2 amide bonds. The maximum absolute atomic E-state index is 12.8. The van der Waals surface area contributed by atoms with Gasteiger partial charge in [-0.15, -0.1) is 0 Å². The van der Waals surface area contributed by atoms with Crippen LogP contribution >= 0.6 is 11.6 Å². The molecule has 28 heavy (non-hydrogen) atoms. The van der Waals surface area contributed by atoms with Crippen LogP contribution in [0.25, 0.3) is 0 Å². The van der Waals surface area contributed by atoms with Crippen molar-refractivity contribution in [1.82, 2.24) is 9.80 Å². The Morgan fingerprint density at radius 1 is 1.18 bits per heavy atom. The van der Waals surface area contributed by atoms with Gasteiger partial charge in [-0.2, -0.15) is 0 Å². The number of benzene rings is 1. The summed E-state index contributed by atoms with van der Waals surface area (Å²) < 4.78 is 5.72. The molecule has 3 rings (SSSR count). The van der Waals surface area contributed by atoms with Crippen LogP contribution in [0.3, 0.4) is 0 Å². The summed E-state index contributed by atoms with van der Waals surface area (Å²) in [5, 5.41) is 3.43. The van der Waals surface area contributed by atoms with Crippen LogP contribution in [0.1, 0.15) is 32.3 Å². The molecular formula is C21H30ClN3O3. The van der Waals surface area contributed by atoms with Crippen molar-refractivity contribution in [2.45, 2.75) is 45.8 Å². The van der Waals surface area contributed by atoms with Crippen molar-refractivity contribution in [2.75, 3.05) is 38.0 Å². The number of nitrogens with one attached hydrogen (secondary N) is 1. The van der Waals surface area contributed by atoms with Crippen molar-refractivity contribution < 1.29 is 14.3 Å². The van der Waals surface area contributed by atoms with E-state index < -0.39 is 0 Å². The van der Waals surface area contributed by atoms with Crippen molar-refractivity contribution in [3.8, 4) is 0 Å². The highest BCUT2D eigenvalue weighted by atomic mass is 35.5. The molecule has 0 saturated carbocycles. The lowest BCUT2D eigenvalue weighted by atomic mass is 9.94. The van der Waals surface area contributed by atoms with Gasteiger partial charge in [-0.25, -0.2) is 0 Å². The number of hydrogen-bond donors (Lipinski definition) is 1. The summed E-state index contributed by atoms with van der Waals surface area (Å²) in [7, 11) is 0. The van der Waals surface area contributed by atoms with Crippen molar-refractivity contribution in [2.24, 2.45) is 5.92 Å². The Morgan fingerprint density at radius 3 is 2.43 bits per heavy atom. The molecule has 2 heterocycles. The summed E-state index contributed by atoms with van der Waals surface area (Å²) in [6.07, 6.45) is 1.75. The summed E-state index contributed by atoms with van der Waals surface area (Å²) in [6.45, 7) is 9.14. The lowest BCUT2D eigenvalue weighted by Crippen LogP contribution is -2.51. The predicted molar refractivity (Wildman–Crippen MR) is 111 cm³/mol. The molecule has 1 aromatic carbocycles. The topological polar surface area (TPSA) is 61.9 Å². The monoisotopic (exact) mass is 407 g/mol. The highest BCUT2D eigenvalue weighted by Gasteiger charge is 2.32. The van der Waals surface area contributed by atoms with E-state index >= 15 is 0 Å². The zero-order valence-electron chi connectivity index (χ0n) is 16.9. The van der Waals surface area contributed by atoms with Crippen LogP contribution in [0.2, 0.25) is 5.02 Å². The molecular weight excluding hydrogens is 378 g/mol. The molecule has 0 bridgehead atoms. The number of anilines is 1. The lowest BCUT2D eigenvalue weighted by Gasteiger charge is -2.39. The second-order valence-electron chi connectivity index (χ2n) is 8.08. The molecule has 0 spiro atoms. The smallest absolute Gasteiger partial charge is 0.238 e. The van der Waals surface area contributed by atoms with E-state index in [4.69, 9.17) is 16.3 Å². The molecule has 2 aliphatic rings. The standard InChI is InChI=1S/C21H30ClN3O3/c1-14-4-5-19(18(22)10-14)23-20(26)13-24-8-6-17(7-9-24)21(27)25-11-15(2)28-16(3)12-25/h4-5,10,15-17H,6-9,11-13H2,1-3H3,(H,23,26). The van der Waals surface area contributed by atoms with E-state index in [2.05, 4.69) is 10.2 Å². The first-order valence-electron chi connectivity index (χ1n) is 10.0. The molecule has 6 nitrogen and oxygen atoms in total. The third kappa shape index (κ3) is 5.46. The van der Waals surface area contributed by atoms with Crippen LogP contribution in [-0.2, 0) is 14.3 Å². The quantitative estimate of drug-likeness (QED) is 0.833. The Labute approximate surface area is 172 Å².